The number of rotatable bonds is 5. The zero-order chi connectivity index (χ0) is 14.8. The molecule has 0 spiro atoms. The molecule has 0 aliphatic heterocycles. The summed E-state index contributed by atoms with van der Waals surface area (Å²) in [5, 5.41) is 5.16. The van der Waals surface area contributed by atoms with Crippen LogP contribution in [0.5, 0.6) is 0 Å². The Labute approximate surface area is 118 Å². The first-order valence-corrected chi connectivity index (χ1v) is 6.47. The van der Waals surface area contributed by atoms with Crippen LogP contribution in [0, 0.1) is 5.92 Å². The van der Waals surface area contributed by atoms with Crippen molar-refractivity contribution in [1.82, 2.24) is 10.3 Å². The van der Waals surface area contributed by atoms with E-state index >= 15 is 0 Å². The quantitative estimate of drug-likeness (QED) is 0.879. The van der Waals surface area contributed by atoms with Gasteiger partial charge in [-0.15, -0.1) is 0 Å². The van der Waals surface area contributed by atoms with Crippen LogP contribution in [0.2, 0.25) is 5.02 Å². The molecule has 4 nitrogen and oxygen atoms in total. The van der Waals surface area contributed by atoms with E-state index in [0.29, 0.717) is 18.7 Å². The Hall–Kier alpha value is -1.50. The van der Waals surface area contributed by atoms with Gasteiger partial charge in [0.2, 0.25) is 5.91 Å². The van der Waals surface area contributed by atoms with Crippen LogP contribution in [0.4, 0.5) is 19.0 Å². The fourth-order valence-corrected chi connectivity index (χ4v) is 1.76. The van der Waals surface area contributed by atoms with E-state index in [4.69, 9.17) is 11.6 Å². The van der Waals surface area contributed by atoms with Gasteiger partial charge in [-0.3, -0.25) is 4.79 Å². The first kappa shape index (κ1) is 14.9. The van der Waals surface area contributed by atoms with Crippen LogP contribution in [0.3, 0.4) is 0 Å². The highest BCUT2D eigenvalue weighted by Gasteiger charge is 2.31. The Bertz CT molecular complexity index is 503. The van der Waals surface area contributed by atoms with Crippen LogP contribution in [-0.2, 0) is 11.0 Å². The maximum Gasteiger partial charge on any atom is 0.417 e. The zero-order valence-corrected chi connectivity index (χ0v) is 11.2. The second-order valence-electron chi connectivity index (χ2n) is 4.65. The summed E-state index contributed by atoms with van der Waals surface area (Å²) < 4.78 is 37.2. The number of anilines is 1. The Balaban J connectivity index is 1.87. The maximum absolute atomic E-state index is 12.4. The van der Waals surface area contributed by atoms with Crippen molar-refractivity contribution < 1.29 is 18.0 Å². The summed E-state index contributed by atoms with van der Waals surface area (Å²) in [7, 11) is 0. The van der Waals surface area contributed by atoms with Gasteiger partial charge in [0.05, 0.1) is 17.1 Å². The molecular formula is C12H13ClF3N3O. The lowest BCUT2D eigenvalue weighted by Gasteiger charge is -2.10. The van der Waals surface area contributed by atoms with Gasteiger partial charge in [-0.1, -0.05) is 11.6 Å². The summed E-state index contributed by atoms with van der Waals surface area (Å²) in [5.41, 5.74) is -0.925. The zero-order valence-electron chi connectivity index (χ0n) is 10.4. The molecular weight excluding hydrogens is 295 g/mol. The number of pyridine rings is 1. The minimum atomic E-state index is -4.49. The van der Waals surface area contributed by atoms with E-state index in [1.165, 1.54) is 0 Å². The predicted octanol–water partition coefficient (Wildman–Crippen LogP) is 2.69. The van der Waals surface area contributed by atoms with E-state index in [1.807, 2.05) is 0 Å². The highest BCUT2D eigenvalue weighted by molar-refractivity contribution is 6.33. The van der Waals surface area contributed by atoms with E-state index < -0.39 is 11.7 Å². The fourth-order valence-electron chi connectivity index (χ4n) is 1.53. The third-order valence-corrected chi connectivity index (χ3v) is 3.16. The summed E-state index contributed by atoms with van der Waals surface area (Å²) >= 11 is 5.70. The number of amides is 1. The number of nitrogens with zero attached hydrogens (tertiary/aromatic N) is 1. The van der Waals surface area contributed by atoms with Gasteiger partial charge in [-0.25, -0.2) is 4.98 Å². The molecule has 0 aromatic carbocycles. The molecule has 0 saturated heterocycles. The van der Waals surface area contributed by atoms with Gasteiger partial charge < -0.3 is 10.6 Å². The van der Waals surface area contributed by atoms with Crippen molar-refractivity contribution >= 4 is 23.3 Å². The van der Waals surface area contributed by atoms with E-state index in [1.54, 1.807) is 0 Å². The molecule has 1 saturated carbocycles. The lowest BCUT2D eigenvalue weighted by Crippen LogP contribution is -2.31. The maximum atomic E-state index is 12.4. The van der Waals surface area contributed by atoms with Crippen molar-refractivity contribution in [2.75, 3.05) is 18.4 Å². The van der Waals surface area contributed by atoms with Crippen LogP contribution < -0.4 is 10.6 Å². The molecule has 0 radical (unpaired) electrons. The Morgan fingerprint density at radius 1 is 1.45 bits per heavy atom. The van der Waals surface area contributed by atoms with Gasteiger partial charge in [0.15, 0.2) is 0 Å². The number of hydrogen-bond donors (Lipinski definition) is 2. The van der Waals surface area contributed by atoms with Crippen molar-refractivity contribution in [3.05, 3.63) is 22.8 Å². The van der Waals surface area contributed by atoms with Gasteiger partial charge in [-0.05, 0) is 24.8 Å². The molecule has 1 aromatic heterocycles. The topological polar surface area (TPSA) is 54.0 Å². The highest BCUT2D eigenvalue weighted by atomic mass is 35.5. The number of carbonyl (C=O) groups is 1. The van der Waals surface area contributed by atoms with Crippen LogP contribution in [0.1, 0.15) is 18.4 Å². The SMILES string of the molecule is O=C(CNc1ncc(C(F)(F)F)cc1Cl)NCC1CC1. The van der Waals surface area contributed by atoms with Crippen LogP contribution in [0.15, 0.2) is 12.3 Å². The van der Waals surface area contributed by atoms with Gasteiger partial charge in [0.1, 0.15) is 5.82 Å². The van der Waals surface area contributed by atoms with Gasteiger partial charge in [0, 0.05) is 12.7 Å². The monoisotopic (exact) mass is 307 g/mol. The van der Waals surface area contributed by atoms with Crippen molar-refractivity contribution in [3.63, 3.8) is 0 Å². The molecule has 1 aromatic rings. The summed E-state index contributed by atoms with van der Waals surface area (Å²) in [4.78, 5) is 15.0. The summed E-state index contributed by atoms with van der Waals surface area (Å²) in [6.45, 7) is 0.555. The van der Waals surface area contributed by atoms with Crippen molar-refractivity contribution in [2.24, 2.45) is 5.92 Å². The van der Waals surface area contributed by atoms with Gasteiger partial charge in [0.25, 0.3) is 0 Å². The van der Waals surface area contributed by atoms with E-state index in [0.717, 1.165) is 18.9 Å². The van der Waals surface area contributed by atoms with E-state index in [9.17, 15) is 18.0 Å². The number of carbonyl (C=O) groups excluding carboxylic acids is 1. The Kier molecular flexibility index (Phi) is 4.37. The normalized spacial score (nSPS) is 15.0. The summed E-state index contributed by atoms with van der Waals surface area (Å²) in [5.74, 6) is 0.377. The molecule has 2 rings (SSSR count). The van der Waals surface area contributed by atoms with Crippen molar-refractivity contribution in [1.29, 1.82) is 0 Å². The van der Waals surface area contributed by atoms with Crippen LogP contribution in [0.25, 0.3) is 0 Å². The number of aromatic nitrogens is 1. The largest absolute Gasteiger partial charge is 0.417 e. The van der Waals surface area contributed by atoms with Crippen LogP contribution in [-0.4, -0.2) is 24.0 Å². The second-order valence-corrected chi connectivity index (χ2v) is 5.06. The number of alkyl halides is 3. The lowest BCUT2D eigenvalue weighted by atomic mass is 10.3. The Morgan fingerprint density at radius 3 is 2.70 bits per heavy atom. The first-order chi connectivity index (χ1) is 9.36. The number of hydrogen-bond acceptors (Lipinski definition) is 3. The lowest BCUT2D eigenvalue weighted by molar-refractivity contribution is -0.137. The molecule has 1 heterocycles. The third-order valence-electron chi connectivity index (χ3n) is 2.87. The average Bonchev–Trinajstić information content (AvgIpc) is 3.17. The minimum absolute atomic E-state index is 0.0567. The minimum Gasteiger partial charge on any atom is -0.360 e. The molecule has 1 aliphatic carbocycles. The third kappa shape index (κ3) is 4.26. The molecule has 1 amide bonds. The molecule has 8 heteroatoms. The standard InChI is InChI=1S/C12H13ClF3N3O/c13-9-3-8(12(14,15)16)5-18-11(9)19-6-10(20)17-4-7-1-2-7/h3,5,7H,1-2,4,6H2,(H,17,20)(H,18,19). The predicted molar refractivity (Wildman–Crippen MR) is 68.5 cm³/mol. The number of nitrogens with one attached hydrogen (secondary N) is 2. The average molecular weight is 308 g/mol. The summed E-state index contributed by atoms with van der Waals surface area (Å²) in [6, 6.07) is 0.777. The van der Waals surface area contributed by atoms with E-state index in [-0.39, 0.29) is 23.3 Å². The summed E-state index contributed by atoms with van der Waals surface area (Å²) in [6.07, 6.45) is -1.56. The number of halogens is 4. The van der Waals surface area contributed by atoms with Gasteiger partial charge >= 0.3 is 6.18 Å². The smallest absolute Gasteiger partial charge is 0.360 e. The molecule has 1 fully saturated rings. The highest BCUT2D eigenvalue weighted by Crippen LogP contribution is 2.32. The molecule has 0 atom stereocenters. The molecule has 0 unspecified atom stereocenters. The van der Waals surface area contributed by atoms with E-state index in [2.05, 4.69) is 15.6 Å². The molecule has 2 N–H and O–H groups in total. The second kappa shape index (κ2) is 5.87. The van der Waals surface area contributed by atoms with Crippen molar-refractivity contribution in [3.8, 4) is 0 Å². The molecule has 20 heavy (non-hydrogen) atoms. The fraction of sp³-hybridized carbons (Fsp3) is 0.500. The van der Waals surface area contributed by atoms with Crippen LogP contribution >= 0.6 is 11.6 Å². The molecule has 0 bridgehead atoms. The molecule has 1 aliphatic rings. The molecule has 110 valence electrons. The first-order valence-electron chi connectivity index (χ1n) is 6.09. The van der Waals surface area contributed by atoms with Gasteiger partial charge in [-0.2, -0.15) is 13.2 Å². The van der Waals surface area contributed by atoms with Crippen molar-refractivity contribution in [2.45, 2.75) is 19.0 Å². The Morgan fingerprint density at radius 2 is 2.15 bits per heavy atom.